The highest BCUT2D eigenvalue weighted by Crippen LogP contribution is 2.07. The van der Waals surface area contributed by atoms with Crippen molar-refractivity contribution in [3.05, 3.63) is 0 Å². The fraction of sp³-hybridized carbons (Fsp3) is 0.750. The van der Waals surface area contributed by atoms with Gasteiger partial charge < -0.3 is 10.2 Å². The van der Waals surface area contributed by atoms with Crippen LogP contribution < -0.4 is 0 Å². The summed E-state index contributed by atoms with van der Waals surface area (Å²) in [5, 5.41) is 17.2. The molecule has 0 aliphatic carbocycles. The summed E-state index contributed by atoms with van der Waals surface area (Å²) in [7, 11) is 0. The molecule has 0 radical (unpaired) electrons. The second kappa shape index (κ2) is 4.87. The average molecular weight is 174 g/mol. The van der Waals surface area contributed by atoms with Crippen LogP contribution in [0.4, 0.5) is 0 Å². The Bertz CT molecular complexity index is 174. The topological polar surface area (TPSA) is 74.6 Å². The minimum absolute atomic E-state index is 0.0362. The van der Waals surface area contributed by atoms with E-state index < -0.39 is 18.0 Å². The van der Waals surface area contributed by atoms with Crippen molar-refractivity contribution < 1.29 is 19.8 Å². The maximum atomic E-state index is 11.1. The molecule has 0 heterocycles. The summed E-state index contributed by atoms with van der Waals surface area (Å²) in [5.41, 5.74) is 0. The third-order valence-corrected chi connectivity index (χ3v) is 1.53. The highest BCUT2D eigenvalue weighted by atomic mass is 16.4. The van der Waals surface area contributed by atoms with E-state index in [1.54, 1.807) is 6.92 Å². The summed E-state index contributed by atoms with van der Waals surface area (Å²) < 4.78 is 0. The number of aliphatic hydroxyl groups is 1. The Balaban J connectivity index is 3.85. The molecule has 70 valence electrons. The van der Waals surface area contributed by atoms with Gasteiger partial charge in [0.25, 0.3) is 0 Å². The second-order valence-electron chi connectivity index (χ2n) is 3.02. The van der Waals surface area contributed by atoms with Crippen LogP contribution in [-0.2, 0) is 9.59 Å². The Morgan fingerprint density at radius 1 is 1.25 bits per heavy atom. The largest absolute Gasteiger partial charge is 0.481 e. The number of carbonyl (C=O) groups excluding carboxylic acids is 1. The summed E-state index contributed by atoms with van der Waals surface area (Å²) in [4.78, 5) is 21.3. The summed E-state index contributed by atoms with van der Waals surface area (Å²) in [6.45, 7) is 3.06. The van der Waals surface area contributed by atoms with Crippen LogP contribution in [0.2, 0.25) is 0 Å². The number of aliphatic carboxylic acids is 1. The van der Waals surface area contributed by atoms with Gasteiger partial charge in [0.15, 0.2) is 0 Å². The third-order valence-electron chi connectivity index (χ3n) is 1.53. The van der Waals surface area contributed by atoms with Crippen LogP contribution in [0.15, 0.2) is 0 Å². The molecule has 4 heteroatoms. The molecule has 2 atom stereocenters. The Morgan fingerprint density at radius 3 is 2.08 bits per heavy atom. The molecule has 0 amide bonds. The van der Waals surface area contributed by atoms with E-state index in [0.717, 1.165) is 0 Å². The van der Waals surface area contributed by atoms with Gasteiger partial charge in [0, 0.05) is 12.3 Å². The van der Waals surface area contributed by atoms with E-state index in [9.17, 15) is 9.59 Å². The fourth-order valence-electron chi connectivity index (χ4n) is 0.868. The van der Waals surface area contributed by atoms with E-state index in [1.165, 1.54) is 6.92 Å². The molecule has 0 saturated heterocycles. The molecule has 2 N–H and O–H groups in total. The highest BCUT2D eigenvalue weighted by molar-refractivity contribution is 5.84. The van der Waals surface area contributed by atoms with E-state index in [0.29, 0.717) is 0 Å². The Kier molecular flexibility index (Phi) is 4.51. The van der Waals surface area contributed by atoms with Gasteiger partial charge in [-0.25, -0.2) is 0 Å². The Labute approximate surface area is 71.2 Å². The second-order valence-corrected chi connectivity index (χ2v) is 3.02. The van der Waals surface area contributed by atoms with Crippen LogP contribution >= 0.6 is 0 Å². The number of hydrogen-bond acceptors (Lipinski definition) is 3. The van der Waals surface area contributed by atoms with Crippen LogP contribution in [0.1, 0.15) is 26.7 Å². The number of hydrogen-bond donors (Lipinski definition) is 2. The zero-order valence-corrected chi connectivity index (χ0v) is 7.28. The molecule has 4 nitrogen and oxygen atoms in total. The van der Waals surface area contributed by atoms with Gasteiger partial charge in [-0.2, -0.15) is 0 Å². The molecule has 0 fully saturated rings. The molecule has 0 aromatic carbocycles. The van der Waals surface area contributed by atoms with Crippen molar-refractivity contribution in [1.29, 1.82) is 0 Å². The molecule has 0 bridgehead atoms. The van der Waals surface area contributed by atoms with E-state index in [2.05, 4.69) is 0 Å². The van der Waals surface area contributed by atoms with E-state index in [-0.39, 0.29) is 18.6 Å². The quantitative estimate of drug-likeness (QED) is 0.634. The van der Waals surface area contributed by atoms with Gasteiger partial charge >= 0.3 is 5.97 Å². The number of ketones is 1. The number of aliphatic hydroxyl groups excluding tert-OH is 1. The maximum absolute atomic E-state index is 11.1. The van der Waals surface area contributed by atoms with Gasteiger partial charge in [-0.3, -0.25) is 9.59 Å². The molecule has 0 saturated carbocycles. The Hall–Kier alpha value is -0.900. The molecule has 0 rings (SSSR count). The van der Waals surface area contributed by atoms with Gasteiger partial charge in [-0.05, 0) is 6.92 Å². The van der Waals surface area contributed by atoms with Crippen molar-refractivity contribution in [3.63, 3.8) is 0 Å². The molecule has 0 aromatic rings. The number of carboxylic acid groups (broad SMARTS) is 1. The lowest BCUT2D eigenvalue weighted by Gasteiger charge is -2.08. The van der Waals surface area contributed by atoms with Crippen molar-refractivity contribution >= 4 is 11.8 Å². The van der Waals surface area contributed by atoms with Crippen molar-refractivity contribution in [1.82, 2.24) is 0 Å². The van der Waals surface area contributed by atoms with Gasteiger partial charge in [-0.1, -0.05) is 6.92 Å². The van der Waals surface area contributed by atoms with Crippen LogP contribution in [0.5, 0.6) is 0 Å². The summed E-state index contributed by atoms with van der Waals surface area (Å²) in [5.74, 6) is -1.69. The SMILES string of the molecule is CC(O)CC(=O)C(C)CC(=O)O. The first kappa shape index (κ1) is 11.1. The van der Waals surface area contributed by atoms with Crippen LogP contribution in [0.3, 0.4) is 0 Å². The molecule has 0 aliphatic rings. The third kappa shape index (κ3) is 4.85. The normalized spacial score (nSPS) is 15.2. The summed E-state index contributed by atoms with van der Waals surface area (Å²) in [6, 6.07) is 0. The van der Waals surface area contributed by atoms with Crippen molar-refractivity contribution in [2.45, 2.75) is 32.8 Å². The molecular formula is C8H14O4. The van der Waals surface area contributed by atoms with Crippen LogP contribution in [0, 0.1) is 5.92 Å². The minimum Gasteiger partial charge on any atom is -0.481 e. The minimum atomic E-state index is -0.985. The lowest BCUT2D eigenvalue weighted by molar-refractivity contribution is -0.140. The lowest BCUT2D eigenvalue weighted by atomic mass is 9.98. The van der Waals surface area contributed by atoms with E-state index >= 15 is 0 Å². The zero-order valence-electron chi connectivity index (χ0n) is 7.28. The summed E-state index contributed by atoms with van der Waals surface area (Å²) in [6.07, 6.45) is -0.811. The van der Waals surface area contributed by atoms with Crippen molar-refractivity contribution in [2.24, 2.45) is 5.92 Å². The lowest BCUT2D eigenvalue weighted by Crippen LogP contribution is -2.19. The number of rotatable bonds is 5. The van der Waals surface area contributed by atoms with Gasteiger partial charge in [0.05, 0.1) is 12.5 Å². The first-order valence-electron chi connectivity index (χ1n) is 3.86. The van der Waals surface area contributed by atoms with Crippen molar-refractivity contribution in [3.8, 4) is 0 Å². The highest BCUT2D eigenvalue weighted by Gasteiger charge is 2.17. The van der Waals surface area contributed by atoms with E-state index in [1.807, 2.05) is 0 Å². The number of carboxylic acids is 1. The number of Topliss-reactive ketones (excluding diaryl/α,β-unsaturated/α-hetero) is 1. The average Bonchev–Trinajstić information content (AvgIpc) is 1.84. The number of carbonyl (C=O) groups is 2. The predicted octanol–water partition coefficient (Wildman–Crippen LogP) is 0.437. The first-order valence-corrected chi connectivity index (χ1v) is 3.86. The van der Waals surface area contributed by atoms with Crippen LogP contribution in [0.25, 0.3) is 0 Å². The van der Waals surface area contributed by atoms with Crippen LogP contribution in [-0.4, -0.2) is 28.1 Å². The molecule has 0 aliphatic heterocycles. The molecule has 12 heavy (non-hydrogen) atoms. The Morgan fingerprint density at radius 2 is 1.75 bits per heavy atom. The fourth-order valence-corrected chi connectivity index (χ4v) is 0.868. The monoisotopic (exact) mass is 174 g/mol. The van der Waals surface area contributed by atoms with Gasteiger partial charge in [0.1, 0.15) is 5.78 Å². The standard InChI is InChI=1S/C8H14O4/c1-5(3-8(11)12)7(10)4-6(2)9/h5-6,9H,3-4H2,1-2H3,(H,11,12). The van der Waals surface area contributed by atoms with Gasteiger partial charge in [-0.15, -0.1) is 0 Å². The summed E-state index contributed by atoms with van der Waals surface area (Å²) >= 11 is 0. The smallest absolute Gasteiger partial charge is 0.304 e. The van der Waals surface area contributed by atoms with E-state index in [4.69, 9.17) is 10.2 Å². The van der Waals surface area contributed by atoms with Crippen molar-refractivity contribution in [2.75, 3.05) is 0 Å². The van der Waals surface area contributed by atoms with Gasteiger partial charge in [0.2, 0.25) is 0 Å². The molecule has 2 unspecified atom stereocenters. The maximum Gasteiger partial charge on any atom is 0.304 e. The molecular weight excluding hydrogens is 160 g/mol. The zero-order chi connectivity index (χ0) is 9.72. The first-order chi connectivity index (χ1) is 5.43. The predicted molar refractivity (Wildman–Crippen MR) is 42.7 cm³/mol. The molecule has 0 aromatic heterocycles. The molecule has 0 spiro atoms.